The molecule has 0 aliphatic carbocycles. The minimum Gasteiger partial charge on any atom is -0.396 e. The molecule has 2 N–H and O–H groups in total. The molecule has 1 aliphatic heterocycles. The monoisotopic (exact) mass is 245 g/mol. The smallest absolute Gasteiger partial charge is 0.0701 e. The first-order valence-corrected chi connectivity index (χ1v) is 6.69. The van der Waals surface area contributed by atoms with E-state index in [1.807, 2.05) is 0 Å². The largest absolute Gasteiger partial charge is 0.396 e. The van der Waals surface area contributed by atoms with Crippen LogP contribution >= 0.6 is 0 Å². The van der Waals surface area contributed by atoms with Crippen LogP contribution in [0.2, 0.25) is 0 Å². The highest BCUT2D eigenvalue weighted by atomic mass is 16.5. The first kappa shape index (κ1) is 14.9. The summed E-state index contributed by atoms with van der Waals surface area (Å²) in [4.78, 5) is 2.42. The van der Waals surface area contributed by atoms with Crippen molar-refractivity contribution in [2.45, 2.75) is 39.2 Å². The summed E-state index contributed by atoms with van der Waals surface area (Å²) in [5.41, 5.74) is 0.0266. The van der Waals surface area contributed by atoms with Gasteiger partial charge in [0.15, 0.2) is 0 Å². The molecular weight excluding hydrogens is 218 g/mol. The molecule has 0 amide bonds. The number of aliphatic hydroxyl groups is 2. The van der Waals surface area contributed by atoms with Crippen LogP contribution in [0.3, 0.4) is 0 Å². The van der Waals surface area contributed by atoms with Crippen molar-refractivity contribution in [1.29, 1.82) is 0 Å². The SMILES string of the molecule is CCC(C)(CO)CN1CCC(OCCO)CC1. The van der Waals surface area contributed by atoms with E-state index in [2.05, 4.69) is 18.7 Å². The molecule has 1 aliphatic rings. The highest BCUT2D eigenvalue weighted by Crippen LogP contribution is 2.24. The fourth-order valence-corrected chi connectivity index (χ4v) is 2.27. The summed E-state index contributed by atoms with van der Waals surface area (Å²) < 4.78 is 5.54. The average molecular weight is 245 g/mol. The Balaban J connectivity index is 2.27. The minimum absolute atomic E-state index is 0.0266. The van der Waals surface area contributed by atoms with Gasteiger partial charge in [0, 0.05) is 31.7 Å². The molecule has 0 saturated carbocycles. The number of nitrogens with zero attached hydrogens (tertiary/aromatic N) is 1. The quantitative estimate of drug-likeness (QED) is 0.699. The summed E-state index contributed by atoms with van der Waals surface area (Å²) in [5, 5.41) is 18.1. The molecule has 0 aromatic heterocycles. The maximum atomic E-state index is 9.40. The van der Waals surface area contributed by atoms with Gasteiger partial charge in [-0.15, -0.1) is 0 Å². The molecule has 102 valence electrons. The second-order valence-corrected chi connectivity index (χ2v) is 5.39. The Bertz CT molecular complexity index is 199. The van der Waals surface area contributed by atoms with Gasteiger partial charge >= 0.3 is 0 Å². The molecule has 0 radical (unpaired) electrons. The first-order valence-electron chi connectivity index (χ1n) is 6.69. The van der Waals surface area contributed by atoms with E-state index in [9.17, 15) is 5.11 Å². The molecular formula is C13H27NO3. The van der Waals surface area contributed by atoms with Crippen molar-refractivity contribution in [3.63, 3.8) is 0 Å². The second-order valence-electron chi connectivity index (χ2n) is 5.39. The number of aliphatic hydroxyl groups excluding tert-OH is 2. The summed E-state index contributed by atoms with van der Waals surface area (Å²) in [5.74, 6) is 0. The molecule has 4 nitrogen and oxygen atoms in total. The third-order valence-corrected chi connectivity index (χ3v) is 3.82. The third-order valence-electron chi connectivity index (χ3n) is 3.82. The van der Waals surface area contributed by atoms with E-state index < -0.39 is 0 Å². The number of ether oxygens (including phenoxy) is 1. The van der Waals surface area contributed by atoms with Crippen molar-refractivity contribution in [2.24, 2.45) is 5.41 Å². The van der Waals surface area contributed by atoms with Gasteiger partial charge in [0.2, 0.25) is 0 Å². The van der Waals surface area contributed by atoms with Crippen LogP contribution < -0.4 is 0 Å². The standard InChI is InChI=1S/C13H27NO3/c1-3-13(2,11-16)10-14-6-4-12(5-7-14)17-9-8-15/h12,15-16H,3-11H2,1-2H3. The first-order chi connectivity index (χ1) is 8.13. The van der Waals surface area contributed by atoms with E-state index in [-0.39, 0.29) is 18.6 Å². The topological polar surface area (TPSA) is 52.9 Å². The molecule has 1 fully saturated rings. The Labute approximate surface area is 105 Å². The third kappa shape index (κ3) is 4.92. The van der Waals surface area contributed by atoms with Crippen LogP contribution in [0, 0.1) is 5.41 Å². The lowest BCUT2D eigenvalue weighted by molar-refractivity contribution is -0.0181. The predicted molar refractivity (Wildman–Crippen MR) is 68.0 cm³/mol. The van der Waals surface area contributed by atoms with Crippen LogP contribution in [0.5, 0.6) is 0 Å². The molecule has 0 spiro atoms. The predicted octanol–water partition coefficient (Wildman–Crippen LogP) is 0.868. The molecule has 0 aromatic rings. The second kappa shape index (κ2) is 7.31. The van der Waals surface area contributed by atoms with E-state index >= 15 is 0 Å². The van der Waals surface area contributed by atoms with Crippen molar-refractivity contribution < 1.29 is 14.9 Å². The molecule has 1 saturated heterocycles. The lowest BCUT2D eigenvalue weighted by Crippen LogP contribution is -2.44. The summed E-state index contributed by atoms with van der Waals surface area (Å²) in [6.07, 6.45) is 3.38. The summed E-state index contributed by atoms with van der Waals surface area (Å²) in [6.45, 7) is 8.12. The number of rotatable bonds is 7. The van der Waals surface area contributed by atoms with Crippen LogP contribution in [0.25, 0.3) is 0 Å². The highest BCUT2D eigenvalue weighted by Gasteiger charge is 2.27. The minimum atomic E-state index is 0.0266. The van der Waals surface area contributed by atoms with Gasteiger partial charge in [-0.05, 0) is 19.3 Å². The van der Waals surface area contributed by atoms with Crippen molar-refractivity contribution in [1.82, 2.24) is 4.90 Å². The van der Waals surface area contributed by atoms with Crippen molar-refractivity contribution in [3.05, 3.63) is 0 Å². The van der Waals surface area contributed by atoms with Gasteiger partial charge in [-0.2, -0.15) is 0 Å². The number of likely N-dealkylation sites (tertiary alicyclic amines) is 1. The van der Waals surface area contributed by atoms with Gasteiger partial charge in [0.1, 0.15) is 0 Å². The number of hydrogen-bond acceptors (Lipinski definition) is 4. The van der Waals surface area contributed by atoms with Crippen LogP contribution in [0.4, 0.5) is 0 Å². The molecule has 1 unspecified atom stereocenters. The molecule has 4 heteroatoms. The summed E-state index contributed by atoms with van der Waals surface area (Å²) in [6, 6.07) is 0. The van der Waals surface area contributed by atoms with Gasteiger partial charge in [-0.1, -0.05) is 13.8 Å². The molecule has 1 atom stereocenters. The van der Waals surface area contributed by atoms with Gasteiger partial charge in [-0.3, -0.25) is 0 Å². The Morgan fingerprint density at radius 2 is 1.94 bits per heavy atom. The van der Waals surface area contributed by atoms with Crippen molar-refractivity contribution in [2.75, 3.05) is 39.5 Å². The average Bonchev–Trinajstić information content (AvgIpc) is 2.38. The molecule has 0 bridgehead atoms. The van der Waals surface area contributed by atoms with E-state index in [1.165, 1.54) is 0 Å². The fraction of sp³-hybridized carbons (Fsp3) is 1.00. The fourth-order valence-electron chi connectivity index (χ4n) is 2.27. The normalized spacial score (nSPS) is 22.6. The zero-order chi connectivity index (χ0) is 12.7. The maximum Gasteiger partial charge on any atom is 0.0701 e. The van der Waals surface area contributed by atoms with E-state index in [0.717, 1.165) is 38.9 Å². The summed E-state index contributed by atoms with van der Waals surface area (Å²) >= 11 is 0. The zero-order valence-corrected chi connectivity index (χ0v) is 11.2. The Morgan fingerprint density at radius 1 is 1.29 bits per heavy atom. The Morgan fingerprint density at radius 3 is 2.41 bits per heavy atom. The lowest BCUT2D eigenvalue weighted by Gasteiger charge is -2.37. The van der Waals surface area contributed by atoms with Crippen LogP contribution in [0.15, 0.2) is 0 Å². The summed E-state index contributed by atoms with van der Waals surface area (Å²) in [7, 11) is 0. The van der Waals surface area contributed by atoms with Crippen LogP contribution in [0.1, 0.15) is 33.1 Å². The lowest BCUT2D eigenvalue weighted by atomic mass is 9.87. The maximum absolute atomic E-state index is 9.40. The molecule has 1 rings (SSSR count). The van der Waals surface area contributed by atoms with E-state index in [4.69, 9.17) is 9.84 Å². The van der Waals surface area contributed by atoms with Gasteiger partial charge in [-0.25, -0.2) is 0 Å². The molecule has 17 heavy (non-hydrogen) atoms. The Hall–Kier alpha value is -0.160. The zero-order valence-electron chi connectivity index (χ0n) is 11.2. The molecule has 1 heterocycles. The molecule has 0 aromatic carbocycles. The van der Waals surface area contributed by atoms with Crippen LogP contribution in [-0.4, -0.2) is 60.7 Å². The van der Waals surface area contributed by atoms with Gasteiger partial charge in [0.05, 0.1) is 19.3 Å². The van der Waals surface area contributed by atoms with E-state index in [1.54, 1.807) is 0 Å². The van der Waals surface area contributed by atoms with Crippen LogP contribution in [-0.2, 0) is 4.74 Å². The number of hydrogen-bond donors (Lipinski definition) is 2. The Kier molecular flexibility index (Phi) is 6.41. The highest BCUT2D eigenvalue weighted by molar-refractivity contribution is 4.80. The number of piperidine rings is 1. The van der Waals surface area contributed by atoms with E-state index in [0.29, 0.717) is 12.7 Å². The van der Waals surface area contributed by atoms with Crippen molar-refractivity contribution in [3.8, 4) is 0 Å². The van der Waals surface area contributed by atoms with Gasteiger partial charge < -0.3 is 19.8 Å². The van der Waals surface area contributed by atoms with Crippen molar-refractivity contribution >= 4 is 0 Å². The van der Waals surface area contributed by atoms with Gasteiger partial charge in [0.25, 0.3) is 0 Å².